The smallest absolute Gasteiger partial charge is 0.272 e. The monoisotopic (exact) mass is 366 g/mol. The zero-order chi connectivity index (χ0) is 17.9. The standard InChI is InChI=1S/C20H19ClN4O/c21-17-8-4-5-9-18(17)23-10-12-24(13-11-23)20(26)19-14-22-15-25(19)16-6-2-1-3-7-16/h1-9,14-15H,10-13H2. The summed E-state index contributed by atoms with van der Waals surface area (Å²) in [5.74, 6) is 0.00478. The van der Waals surface area contributed by atoms with Gasteiger partial charge < -0.3 is 9.80 Å². The Morgan fingerprint density at radius 3 is 2.35 bits per heavy atom. The van der Waals surface area contributed by atoms with Crippen LogP contribution in [0.25, 0.3) is 5.69 Å². The lowest BCUT2D eigenvalue weighted by Gasteiger charge is -2.36. The molecule has 0 aliphatic carbocycles. The summed E-state index contributed by atoms with van der Waals surface area (Å²) in [6.45, 7) is 2.83. The summed E-state index contributed by atoms with van der Waals surface area (Å²) in [5.41, 5.74) is 2.54. The SMILES string of the molecule is O=C(c1cncn1-c1ccccc1)N1CCN(c2ccccc2Cl)CC1. The summed E-state index contributed by atoms with van der Waals surface area (Å²) < 4.78 is 1.84. The van der Waals surface area contributed by atoms with E-state index in [1.165, 1.54) is 0 Å². The van der Waals surface area contributed by atoms with Crippen molar-refractivity contribution in [1.82, 2.24) is 14.5 Å². The van der Waals surface area contributed by atoms with Gasteiger partial charge >= 0.3 is 0 Å². The van der Waals surface area contributed by atoms with Gasteiger partial charge in [-0.1, -0.05) is 41.9 Å². The number of nitrogens with zero attached hydrogens (tertiary/aromatic N) is 4. The molecule has 132 valence electrons. The van der Waals surface area contributed by atoms with Gasteiger partial charge in [-0.15, -0.1) is 0 Å². The first-order chi connectivity index (χ1) is 12.7. The third-order valence-corrected chi connectivity index (χ3v) is 4.97. The van der Waals surface area contributed by atoms with E-state index in [2.05, 4.69) is 9.88 Å². The molecule has 2 heterocycles. The number of amides is 1. The number of rotatable bonds is 3. The molecule has 26 heavy (non-hydrogen) atoms. The van der Waals surface area contributed by atoms with Crippen LogP contribution in [0.2, 0.25) is 5.02 Å². The molecule has 0 radical (unpaired) electrons. The molecule has 1 amide bonds. The highest BCUT2D eigenvalue weighted by Crippen LogP contribution is 2.26. The van der Waals surface area contributed by atoms with E-state index in [-0.39, 0.29) is 5.91 Å². The molecule has 1 aliphatic heterocycles. The molecule has 0 saturated carbocycles. The van der Waals surface area contributed by atoms with Crippen LogP contribution in [-0.4, -0.2) is 46.5 Å². The van der Waals surface area contributed by atoms with E-state index in [9.17, 15) is 4.79 Å². The van der Waals surface area contributed by atoms with Crippen molar-refractivity contribution in [3.8, 4) is 5.69 Å². The van der Waals surface area contributed by atoms with Crippen LogP contribution in [0.3, 0.4) is 0 Å². The number of halogens is 1. The summed E-state index contributed by atoms with van der Waals surface area (Å²) in [7, 11) is 0. The Kier molecular flexibility index (Phi) is 4.63. The Hall–Kier alpha value is -2.79. The maximum Gasteiger partial charge on any atom is 0.272 e. The van der Waals surface area contributed by atoms with Crippen LogP contribution in [0, 0.1) is 0 Å². The van der Waals surface area contributed by atoms with Crippen molar-refractivity contribution in [3.05, 3.63) is 77.8 Å². The van der Waals surface area contributed by atoms with Crippen LogP contribution in [-0.2, 0) is 0 Å². The Morgan fingerprint density at radius 2 is 1.62 bits per heavy atom. The second-order valence-corrected chi connectivity index (χ2v) is 6.62. The molecule has 2 aromatic carbocycles. The number of hydrogen-bond acceptors (Lipinski definition) is 3. The normalized spacial score (nSPS) is 14.5. The van der Waals surface area contributed by atoms with Gasteiger partial charge in [0, 0.05) is 31.9 Å². The number of imidazole rings is 1. The van der Waals surface area contributed by atoms with Gasteiger partial charge in [0.2, 0.25) is 0 Å². The van der Waals surface area contributed by atoms with Gasteiger partial charge in [0.25, 0.3) is 5.91 Å². The van der Waals surface area contributed by atoms with Crippen LogP contribution >= 0.6 is 11.6 Å². The quantitative estimate of drug-likeness (QED) is 0.712. The number of benzene rings is 2. The molecule has 0 bridgehead atoms. The van der Waals surface area contributed by atoms with E-state index in [4.69, 9.17) is 11.6 Å². The van der Waals surface area contributed by atoms with E-state index < -0.39 is 0 Å². The highest BCUT2D eigenvalue weighted by atomic mass is 35.5. The van der Waals surface area contributed by atoms with Gasteiger partial charge in [-0.25, -0.2) is 4.98 Å². The topological polar surface area (TPSA) is 41.4 Å². The molecule has 1 fully saturated rings. The van der Waals surface area contributed by atoms with Gasteiger partial charge in [0.05, 0.1) is 23.2 Å². The minimum Gasteiger partial charge on any atom is -0.367 e. The molecular weight excluding hydrogens is 348 g/mol. The van der Waals surface area contributed by atoms with Crippen molar-refractivity contribution in [2.45, 2.75) is 0 Å². The van der Waals surface area contributed by atoms with Crippen LogP contribution in [0.15, 0.2) is 67.1 Å². The van der Waals surface area contributed by atoms with Crippen molar-refractivity contribution in [1.29, 1.82) is 0 Å². The molecule has 4 rings (SSSR count). The minimum absolute atomic E-state index is 0.00478. The van der Waals surface area contributed by atoms with Gasteiger partial charge in [-0.3, -0.25) is 9.36 Å². The molecule has 0 unspecified atom stereocenters. The van der Waals surface area contributed by atoms with Crippen molar-refractivity contribution in [2.24, 2.45) is 0 Å². The van der Waals surface area contributed by atoms with Crippen LogP contribution < -0.4 is 4.90 Å². The van der Waals surface area contributed by atoms with Crippen LogP contribution in [0.5, 0.6) is 0 Å². The Bertz CT molecular complexity index is 901. The van der Waals surface area contributed by atoms with Gasteiger partial charge in [-0.05, 0) is 24.3 Å². The second-order valence-electron chi connectivity index (χ2n) is 6.22. The van der Waals surface area contributed by atoms with E-state index in [0.29, 0.717) is 18.8 Å². The van der Waals surface area contributed by atoms with Crippen LogP contribution in [0.4, 0.5) is 5.69 Å². The fraction of sp³-hybridized carbons (Fsp3) is 0.200. The molecule has 1 saturated heterocycles. The minimum atomic E-state index is 0.00478. The summed E-state index contributed by atoms with van der Waals surface area (Å²) in [6, 6.07) is 17.6. The molecule has 1 aromatic heterocycles. The molecule has 6 heteroatoms. The van der Waals surface area contributed by atoms with Gasteiger partial charge in [0.15, 0.2) is 0 Å². The number of anilines is 1. The molecule has 0 atom stereocenters. The average Bonchev–Trinajstić information content (AvgIpc) is 3.18. The molecule has 0 spiro atoms. The first-order valence-electron chi connectivity index (χ1n) is 8.60. The highest BCUT2D eigenvalue weighted by Gasteiger charge is 2.25. The fourth-order valence-corrected chi connectivity index (χ4v) is 3.52. The maximum absolute atomic E-state index is 13.0. The fourth-order valence-electron chi connectivity index (χ4n) is 3.27. The number of para-hydroxylation sites is 2. The zero-order valence-electron chi connectivity index (χ0n) is 14.3. The number of aromatic nitrogens is 2. The lowest BCUT2D eigenvalue weighted by atomic mass is 10.2. The maximum atomic E-state index is 13.0. The lowest BCUT2D eigenvalue weighted by Crippen LogP contribution is -2.49. The lowest BCUT2D eigenvalue weighted by molar-refractivity contribution is 0.0738. The first kappa shape index (κ1) is 16.7. The van der Waals surface area contributed by atoms with Crippen molar-refractivity contribution in [3.63, 3.8) is 0 Å². The highest BCUT2D eigenvalue weighted by molar-refractivity contribution is 6.33. The zero-order valence-corrected chi connectivity index (χ0v) is 15.0. The number of piperazine rings is 1. The third kappa shape index (κ3) is 3.18. The summed E-state index contributed by atoms with van der Waals surface area (Å²) in [5, 5.41) is 0.745. The largest absolute Gasteiger partial charge is 0.367 e. The van der Waals surface area contributed by atoms with E-state index >= 15 is 0 Å². The van der Waals surface area contributed by atoms with Crippen molar-refractivity contribution in [2.75, 3.05) is 31.1 Å². The number of hydrogen-bond donors (Lipinski definition) is 0. The molecule has 1 aliphatic rings. The van der Waals surface area contributed by atoms with Crippen molar-refractivity contribution < 1.29 is 4.79 Å². The molecule has 3 aromatic rings. The molecule has 0 N–H and O–H groups in total. The molecule has 5 nitrogen and oxygen atoms in total. The van der Waals surface area contributed by atoms with Gasteiger partial charge in [-0.2, -0.15) is 0 Å². The second kappa shape index (κ2) is 7.22. The van der Waals surface area contributed by atoms with Crippen molar-refractivity contribution >= 4 is 23.2 Å². The molecular formula is C20H19ClN4O. The predicted molar refractivity (Wildman–Crippen MR) is 103 cm³/mol. The van der Waals surface area contributed by atoms with E-state index in [1.54, 1.807) is 12.5 Å². The summed E-state index contributed by atoms with van der Waals surface area (Å²) in [4.78, 5) is 21.3. The Labute approximate surface area is 157 Å². The third-order valence-electron chi connectivity index (χ3n) is 4.65. The number of carbonyl (C=O) groups excluding carboxylic acids is 1. The summed E-state index contributed by atoms with van der Waals surface area (Å²) in [6.07, 6.45) is 3.32. The van der Waals surface area contributed by atoms with Crippen LogP contribution in [0.1, 0.15) is 10.5 Å². The first-order valence-corrected chi connectivity index (χ1v) is 8.98. The predicted octanol–water partition coefficient (Wildman–Crippen LogP) is 3.49. The van der Waals surface area contributed by atoms with E-state index in [1.807, 2.05) is 64.1 Å². The van der Waals surface area contributed by atoms with E-state index in [0.717, 1.165) is 29.5 Å². The summed E-state index contributed by atoms with van der Waals surface area (Å²) >= 11 is 6.29. The Balaban J connectivity index is 1.48. The number of carbonyl (C=O) groups is 1. The Morgan fingerprint density at radius 1 is 0.923 bits per heavy atom. The van der Waals surface area contributed by atoms with Gasteiger partial charge in [0.1, 0.15) is 5.69 Å². The average molecular weight is 367 g/mol.